The predicted molar refractivity (Wildman–Crippen MR) is 83.2 cm³/mol. The van der Waals surface area contributed by atoms with Crippen LogP contribution < -0.4 is 5.32 Å². The molecule has 0 aliphatic rings. The molecule has 0 bridgehead atoms. The van der Waals surface area contributed by atoms with Gasteiger partial charge in [0, 0.05) is 28.8 Å². The van der Waals surface area contributed by atoms with Crippen LogP contribution in [0.25, 0.3) is 0 Å². The summed E-state index contributed by atoms with van der Waals surface area (Å²) in [6.45, 7) is 4.79. The summed E-state index contributed by atoms with van der Waals surface area (Å²) in [6.07, 6.45) is 2.53. The van der Waals surface area contributed by atoms with Crippen LogP contribution in [-0.4, -0.2) is 11.5 Å². The third-order valence-corrected chi connectivity index (χ3v) is 3.59. The van der Waals surface area contributed by atoms with Crippen LogP contribution in [0.4, 0.5) is 4.39 Å². The van der Waals surface area contributed by atoms with Crippen LogP contribution >= 0.6 is 15.9 Å². The van der Waals surface area contributed by atoms with Crippen LogP contribution in [-0.2, 0) is 6.42 Å². The first-order valence-electron chi connectivity index (χ1n) is 6.69. The van der Waals surface area contributed by atoms with Gasteiger partial charge in [-0.25, -0.2) is 4.39 Å². The monoisotopic (exact) mass is 336 g/mol. The number of nitrogens with zero attached hydrogens (tertiary/aromatic N) is 1. The molecule has 0 saturated heterocycles. The molecule has 1 aromatic heterocycles. The Hall–Kier alpha value is -1.26. The topological polar surface area (TPSA) is 24.9 Å². The number of aromatic nitrogens is 1. The van der Waals surface area contributed by atoms with E-state index in [0.717, 1.165) is 34.3 Å². The molecule has 0 aliphatic heterocycles. The largest absolute Gasteiger partial charge is 0.310 e. The van der Waals surface area contributed by atoms with Gasteiger partial charge in [-0.05, 0) is 64.8 Å². The molecule has 1 aromatic carbocycles. The average molecular weight is 337 g/mol. The van der Waals surface area contributed by atoms with Crippen molar-refractivity contribution in [3.63, 3.8) is 0 Å². The van der Waals surface area contributed by atoms with E-state index in [-0.39, 0.29) is 11.9 Å². The SMILES string of the molecule is CCNC(Cc1ccc(Br)cn1)c1cc(C)cc(F)c1. The van der Waals surface area contributed by atoms with Gasteiger partial charge in [-0.2, -0.15) is 0 Å². The molecule has 0 aliphatic carbocycles. The highest BCUT2D eigenvalue weighted by molar-refractivity contribution is 9.10. The number of nitrogens with one attached hydrogen (secondary N) is 1. The Balaban J connectivity index is 2.23. The molecule has 106 valence electrons. The Kier molecular flexibility index (Phi) is 5.26. The molecule has 1 atom stereocenters. The van der Waals surface area contributed by atoms with Crippen molar-refractivity contribution in [2.24, 2.45) is 0 Å². The first kappa shape index (κ1) is 15.1. The van der Waals surface area contributed by atoms with Crippen LogP contribution in [0.1, 0.15) is 29.8 Å². The van der Waals surface area contributed by atoms with Gasteiger partial charge in [0.1, 0.15) is 5.82 Å². The van der Waals surface area contributed by atoms with Gasteiger partial charge in [0.2, 0.25) is 0 Å². The smallest absolute Gasteiger partial charge is 0.123 e. The lowest BCUT2D eigenvalue weighted by atomic mass is 9.99. The lowest BCUT2D eigenvalue weighted by Gasteiger charge is -2.19. The fraction of sp³-hybridized carbons (Fsp3) is 0.312. The zero-order valence-electron chi connectivity index (χ0n) is 11.7. The lowest BCUT2D eigenvalue weighted by molar-refractivity contribution is 0.537. The van der Waals surface area contributed by atoms with Crippen molar-refractivity contribution >= 4 is 15.9 Å². The summed E-state index contributed by atoms with van der Waals surface area (Å²) < 4.78 is 14.5. The molecule has 0 spiro atoms. The maximum atomic E-state index is 13.6. The molecule has 0 radical (unpaired) electrons. The van der Waals surface area contributed by atoms with E-state index in [1.54, 1.807) is 18.3 Å². The van der Waals surface area contributed by atoms with E-state index >= 15 is 0 Å². The summed E-state index contributed by atoms with van der Waals surface area (Å²) in [7, 11) is 0. The van der Waals surface area contributed by atoms with Crippen LogP contribution in [0.2, 0.25) is 0 Å². The van der Waals surface area contributed by atoms with Crippen molar-refractivity contribution in [1.82, 2.24) is 10.3 Å². The zero-order valence-corrected chi connectivity index (χ0v) is 13.2. The van der Waals surface area contributed by atoms with Crippen LogP contribution in [0.3, 0.4) is 0 Å². The average Bonchev–Trinajstić information content (AvgIpc) is 2.39. The minimum absolute atomic E-state index is 0.0723. The Morgan fingerprint density at radius 1 is 1.30 bits per heavy atom. The standard InChI is InChI=1S/C16H18BrFN2/c1-3-19-16(9-15-5-4-13(17)10-20-15)12-6-11(2)7-14(18)8-12/h4-8,10,16,19H,3,9H2,1-2H3. The van der Waals surface area contributed by atoms with Gasteiger partial charge < -0.3 is 5.32 Å². The summed E-state index contributed by atoms with van der Waals surface area (Å²) in [5.41, 5.74) is 2.89. The number of hydrogen-bond acceptors (Lipinski definition) is 2. The molecule has 0 amide bonds. The van der Waals surface area contributed by atoms with Gasteiger partial charge in [0.25, 0.3) is 0 Å². The number of pyridine rings is 1. The maximum absolute atomic E-state index is 13.6. The van der Waals surface area contributed by atoms with Crippen LogP contribution in [0.5, 0.6) is 0 Å². The number of hydrogen-bond donors (Lipinski definition) is 1. The second kappa shape index (κ2) is 6.95. The normalized spacial score (nSPS) is 12.4. The van der Waals surface area contributed by atoms with Crippen molar-refractivity contribution in [3.8, 4) is 0 Å². The Morgan fingerprint density at radius 3 is 2.70 bits per heavy atom. The molecule has 1 N–H and O–H groups in total. The molecule has 2 rings (SSSR count). The molecule has 0 fully saturated rings. The Labute approximate surface area is 127 Å². The van der Waals surface area contributed by atoms with Crippen molar-refractivity contribution in [2.45, 2.75) is 26.3 Å². The Bertz CT molecular complexity index is 549. The summed E-state index contributed by atoms with van der Waals surface area (Å²) in [5, 5.41) is 3.40. The minimum atomic E-state index is -0.188. The molecule has 1 unspecified atom stereocenters. The molecule has 2 nitrogen and oxygen atoms in total. The van der Waals surface area contributed by atoms with Gasteiger partial charge in [0.05, 0.1) is 0 Å². The molecule has 0 saturated carbocycles. The van der Waals surface area contributed by atoms with E-state index < -0.39 is 0 Å². The van der Waals surface area contributed by atoms with E-state index in [9.17, 15) is 4.39 Å². The zero-order chi connectivity index (χ0) is 14.5. The van der Waals surface area contributed by atoms with Gasteiger partial charge in [-0.3, -0.25) is 4.98 Å². The summed E-state index contributed by atoms with van der Waals surface area (Å²) in [5.74, 6) is -0.188. The number of halogens is 2. The summed E-state index contributed by atoms with van der Waals surface area (Å²) in [6, 6.07) is 9.20. The fourth-order valence-electron chi connectivity index (χ4n) is 2.26. The van der Waals surface area contributed by atoms with E-state index in [1.165, 1.54) is 0 Å². The van der Waals surface area contributed by atoms with Crippen LogP contribution in [0.15, 0.2) is 41.0 Å². The van der Waals surface area contributed by atoms with Gasteiger partial charge in [-0.1, -0.05) is 13.0 Å². The second-order valence-corrected chi connectivity index (χ2v) is 5.76. The van der Waals surface area contributed by atoms with Crippen molar-refractivity contribution < 1.29 is 4.39 Å². The van der Waals surface area contributed by atoms with Crippen LogP contribution in [0, 0.1) is 12.7 Å². The first-order valence-corrected chi connectivity index (χ1v) is 7.48. The summed E-state index contributed by atoms with van der Waals surface area (Å²) in [4.78, 5) is 4.39. The molecular formula is C16H18BrFN2. The van der Waals surface area contributed by atoms with Gasteiger partial charge in [0.15, 0.2) is 0 Å². The molecule has 2 aromatic rings. The number of aryl methyl sites for hydroxylation is 1. The molecule has 20 heavy (non-hydrogen) atoms. The molecule has 4 heteroatoms. The molecular weight excluding hydrogens is 319 g/mol. The van der Waals surface area contributed by atoms with Crippen molar-refractivity contribution in [3.05, 3.63) is 63.6 Å². The highest BCUT2D eigenvalue weighted by atomic mass is 79.9. The van der Waals surface area contributed by atoms with Gasteiger partial charge >= 0.3 is 0 Å². The maximum Gasteiger partial charge on any atom is 0.123 e. The third-order valence-electron chi connectivity index (χ3n) is 3.12. The Morgan fingerprint density at radius 2 is 2.10 bits per heavy atom. The highest BCUT2D eigenvalue weighted by Gasteiger charge is 2.13. The van der Waals surface area contributed by atoms with Crippen molar-refractivity contribution in [2.75, 3.05) is 6.54 Å². The number of benzene rings is 1. The fourth-order valence-corrected chi connectivity index (χ4v) is 2.49. The van der Waals surface area contributed by atoms with E-state index in [4.69, 9.17) is 0 Å². The molecule has 1 heterocycles. The number of likely N-dealkylation sites (N-methyl/N-ethyl adjacent to an activating group) is 1. The van der Waals surface area contributed by atoms with Crippen molar-refractivity contribution in [1.29, 1.82) is 0 Å². The quantitative estimate of drug-likeness (QED) is 0.885. The predicted octanol–water partition coefficient (Wildman–Crippen LogP) is 4.18. The van der Waals surface area contributed by atoms with E-state index in [0.29, 0.717) is 0 Å². The minimum Gasteiger partial charge on any atom is -0.310 e. The van der Waals surface area contributed by atoms with E-state index in [1.807, 2.05) is 32.0 Å². The highest BCUT2D eigenvalue weighted by Crippen LogP contribution is 2.21. The van der Waals surface area contributed by atoms with Gasteiger partial charge in [-0.15, -0.1) is 0 Å². The summed E-state index contributed by atoms with van der Waals surface area (Å²) >= 11 is 3.38. The first-order chi connectivity index (χ1) is 9.58. The number of rotatable bonds is 5. The lowest BCUT2D eigenvalue weighted by Crippen LogP contribution is -2.23. The van der Waals surface area contributed by atoms with E-state index in [2.05, 4.69) is 26.2 Å². The second-order valence-electron chi connectivity index (χ2n) is 4.84. The third kappa shape index (κ3) is 4.12.